The number of rotatable bonds is 1. The van der Waals surface area contributed by atoms with Crippen LogP contribution in [0.4, 0.5) is 4.39 Å². The first-order valence-electron chi connectivity index (χ1n) is 3.41. The van der Waals surface area contributed by atoms with Crippen LogP contribution in [0.5, 0.6) is 0 Å². The highest BCUT2D eigenvalue weighted by molar-refractivity contribution is 5.29. The fourth-order valence-electron chi connectivity index (χ4n) is 1.03. The van der Waals surface area contributed by atoms with Crippen molar-refractivity contribution in [1.29, 1.82) is 0 Å². The molecule has 0 nitrogen and oxygen atoms in total. The molecule has 0 spiro atoms. The molecule has 1 rings (SSSR count). The van der Waals surface area contributed by atoms with Crippen LogP contribution in [0.1, 0.15) is 13.3 Å². The van der Waals surface area contributed by atoms with Crippen molar-refractivity contribution in [3.8, 4) is 0 Å². The molecular formula is C9H11F. The van der Waals surface area contributed by atoms with Crippen LogP contribution in [0.2, 0.25) is 0 Å². The van der Waals surface area contributed by atoms with Gasteiger partial charge in [-0.25, -0.2) is 4.39 Å². The van der Waals surface area contributed by atoms with Crippen molar-refractivity contribution in [1.82, 2.24) is 0 Å². The second-order valence-corrected chi connectivity index (χ2v) is 2.54. The highest BCUT2D eigenvalue weighted by Gasteiger charge is 2.08. The van der Waals surface area contributed by atoms with Gasteiger partial charge in [0.2, 0.25) is 0 Å². The van der Waals surface area contributed by atoms with Crippen LogP contribution < -0.4 is 0 Å². The molecule has 0 radical (unpaired) electrons. The Morgan fingerprint density at radius 1 is 1.80 bits per heavy atom. The molecular weight excluding hydrogens is 127 g/mol. The lowest BCUT2D eigenvalue weighted by Crippen LogP contribution is -1.97. The van der Waals surface area contributed by atoms with Crippen LogP contribution in [-0.2, 0) is 0 Å². The van der Waals surface area contributed by atoms with Crippen LogP contribution >= 0.6 is 0 Å². The van der Waals surface area contributed by atoms with Crippen molar-refractivity contribution in [2.24, 2.45) is 5.92 Å². The van der Waals surface area contributed by atoms with Gasteiger partial charge in [-0.1, -0.05) is 12.2 Å². The van der Waals surface area contributed by atoms with Gasteiger partial charge in [-0.2, -0.15) is 0 Å². The molecule has 0 amide bonds. The first-order valence-corrected chi connectivity index (χ1v) is 3.41. The highest BCUT2D eigenvalue weighted by atomic mass is 19.1. The molecule has 10 heavy (non-hydrogen) atoms. The van der Waals surface area contributed by atoms with E-state index in [9.17, 15) is 4.39 Å². The van der Waals surface area contributed by atoms with Crippen molar-refractivity contribution in [2.75, 3.05) is 0 Å². The summed E-state index contributed by atoms with van der Waals surface area (Å²) in [6.07, 6.45) is 6.11. The van der Waals surface area contributed by atoms with Gasteiger partial charge in [0.05, 0.1) is 0 Å². The van der Waals surface area contributed by atoms with E-state index in [-0.39, 0.29) is 5.83 Å². The third kappa shape index (κ3) is 1.35. The van der Waals surface area contributed by atoms with E-state index in [1.165, 1.54) is 0 Å². The predicted octanol–water partition coefficient (Wildman–Crippen LogP) is 2.99. The van der Waals surface area contributed by atoms with Crippen LogP contribution in [0.15, 0.2) is 36.2 Å². The molecule has 1 aliphatic rings. The molecule has 0 aromatic heterocycles. The number of hydrogen-bond donors (Lipinski definition) is 0. The van der Waals surface area contributed by atoms with E-state index in [1.54, 1.807) is 13.0 Å². The first-order chi connectivity index (χ1) is 4.74. The summed E-state index contributed by atoms with van der Waals surface area (Å²) in [7, 11) is 0. The molecule has 1 aliphatic carbocycles. The summed E-state index contributed by atoms with van der Waals surface area (Å²) in [5.41, 5.74) is 0.733. The van der Waals surface area contributed by atoms with Crippen LogP contribution in [0.25, 0.3) is 0 Å². The Kier molecular flexibility index (Phi) is 2.05. The van der Waals surface area contributed by atoms with Crippen molar-refractivity contribution >= 4 is 0 Å². The highest BCUT2D eigenvalue weighted by Crippen LogP contribution is 2.23. The van der Waals surface area contributed by atoms with E-state index in [1.807, 2.05) is 12.2 Å². The predicted molar refractivity (Wildman–Crippen MR) is 41.3 cm³/mol. The average Bonchev–Trinajstić information content (AvgIpc) is 1.95. The molecule has 1 unspecified atom stereocenters. The van der Waals surface area contributed by atoms with Crippen molar-refractivity contribution in [3.05, 3.63) is 36.2 Å². The van der Waals surface area contributed by atoms with Gasteiger partial charge < -0.3 is 0 Å². The molecule has 0 aromatic rings. The normalized spacial score (nSPS) is 25.2. The maximum absolute atomic E-state index is 12.6. The zero-order chi connectivity index (χ0) is 7.56. The maximum Gasteiger partial charge on any atom is 0.121 e. The largest absolute Gasteiger partial charge is 0.207 e. The molecule has 0 heterocycles. The van der Waals surface area contributed by atoms with Crippen molar-refractivity contribution in [2.45, 2.75) is 13.3 Å². The lowest BCUT2D eigenvalue weighted by Gasteiger charge is -2.11. The third-order valence-corrected chi connectivity index (χ3v) is 1.71. The third-order valence-electron chi connectivity index (χ3n) is 1.71. The fourth-order valence-corrected chi connectivity index (χ4v) is 1.03. The lowest BCUT2D eigenvalue weighted by atomic mass is 9.96. The standard InChI is InChI=1S/C9H11F/c1-3-8-4-5-9(10)7(2)6-8/h3,5-6,8H,1,4H2,2H3. The molecule has 0 N–H and O–H groups in total. The Hall–Kier alpha value is -0.850. The quantitative estimate of drug-likeness (QED) is 0.488. The Bertz CT molecular complexity index is 199. The maximum atomic E-state index is 12.6. The summed E-state index contributed by atoms with van der Waals surface area (Å²) in [6, 6.07) is 0. The number of halogens is 1. The molecule has 1 heteroatoms. The molecule has 0 fully saturated rings. The van der Waals surface area contributed by atoms with E-state index < -0.39 is 0 Å². The van der Waals surface area contributed by atoms with E-state index in [4.69, 9.17) is 0 Å². The van der Waals surface area contributed by atoms with E-state index in [0.717, 1.165) is 12.0 Å². The Morgan fingerprint density at radius 2 is 2.50 bits per heavy atom. The molecule has 0 saturated heterocycles. The number of hydrogen-bond acceptors (Lipinski definition) is 0. The van der Waals surface area contributed by atoms with Crippen molar-refractivity contribution in [3.63, 3.8) is 0 Å². The molecule has 0 saturated carbocycles. The minimum absolute atomic E-state index is 0.0851. The monoisotopic (exact) mass is 138 g/mol. The fraction of sp³-hybridized carbons (Fsp3) is 0.333. The topological polar surface area (TPSA) is 0 Å². The van der Waals surface area contributed by atoms with Gasteiger partial charge in [0.25, 0.3) is 0 Å². The molecule has 54 valence electrons. The summed E-state index contributed by atoms with van der Waals surface area (Å²) in [6.45, 7) is 5.43. The molecule has 1 atom stereocenters. The van der Waals surface area contributed by atoms with Gasteiger partial charge in [-0.15, -0.1) is 6.58 Å². The summed E-state index contributed by atoms with van der Waals surface area (Å²) in [5.74, 6) is 0.248. The van der Waals surface area contributed by atoms with E-state index in [2.05, 4.69) is 6.58 Å². The smallest absolute Gasteiger partial charge is 0.121 e. The second kappa shape index (κ2) is 2.82. The van der Waals surface area contributed by atoms with E-state index in [0.29, 0.717) is 5.92 Å². The average molecular weight is 138 g/mol. The minimum Gasteiger partial charge on any atom is -0.207 e. The van der Waals surface area contributed by atoms with Gasteiger partial charge >= 0.3 is 0 Å². The van der Waals surface area contributed by atoms with E-state index >= 15 is 0 Å². The van der Waals surface area contributed by atoms with Crippen LogP contribution in [0, 0.1) is 5.92 Å². The summed E-state index contributed by atoms with van der Waals surface area (Å²) in [5, 5.41) is 0. The summed E-state index contributed by atoms with van der Waals surface area (Å²) in [4.78, 5) is 0. The molecule has 0 bridgehead atoms. The van der Waals surface area contributed by atoms with Gasteiger partial charge in [-0.3, -0.25) is 0 Å². The zero-order valence-electron chi connectivity index (χ0n) is 6.10. The van der Waals surface area contributed by atoms with Gasteiger partial charge in [0.15, 0.2) is 0 Å². The Balaban J connectivity index is 2.75. The first kappa shape index (κ1) is 7.26. The zero-order valence-corrected chi connectivity index (χ0v) is 6.10. The summed E-state index contributed by atoms with van der Waals surface area (Å²) >= 11 is 0. The van der Waals surface area contributed by atoms with Crippen molar-refractivity contribution < 1.29 is 4.39 Å². The van der Waals surface area contributed by atoms with Crippen LogP contribution in [0.3, 0.4) is 0 Å². The Morgan fingerprint density at radius 3 is 3.00 bits per heavy atom. The second-order valence-electron chi connectivity index (χ2n) is 2.54. The number of allylic oxidation sites excluding steroid dienone is 5. The lowest BCUT2D eigenvalue weighted by molar-refractivity contribution is 0.621. The van der Waals surface area contributed by atoms with Gasteiger partial charge in [0.1, 0.15) is 5.83 Å². The van der Waals surface area contributed by atoms with Gasteiger partial charge in [-0.05, 0) is 30.9 Å². The minimum atomic E-state index is -0.0851. The molecule has 0 aromatic carbocycles. The van der Waals surface area contributed by atoms with Gasteiger partial charge in [0, 0.05) is 0 Å². The van der Waals surface area contributed by atoms with Crippen LogP contribution in [-0.4, -0.2) is 0 Å². The Labute approximate surface area is 60.7 Å². The summed E-state index contributed by atoms with van der Waals surface area (Å²) < 4.78 is 12.6. The molecule has 0 aliphatic heterocycles. The SMILES string of the molecule is C=CC1C=C(C)C(F)=CC1.